The summed E-state index contributed by atoms with van der Waals surface area (Å²) in [6, 6.07) is 7.70. The van der Waals surface area contributed by atoms with Gasteiger partial charge in [-0.2, -0.15) is 0 Å². The second kappa shape index (κ2) is 11.1. The highest BCUT2D eigenvalue weighted by Crippen LogP contribution is 2.26. The SMILES string of the molecule is CN=C(NCCNC(=O)c1cccnc1)NCC(C)(C)c1cccs1.I. The van der Waals surface area contributed by atoms with Gasteiger partial charge < -0.3 is 16.0 Å². The number of aromatic nitrogens is 1. The van der Waals surface area contributed by atoms with Crippen molar-refractivity contribution < 1.29 is 4.79 Å². The van der Waals surface area contributed by atoms with Gasteiger partial charge in [0.05, 0.1) is 5.56 Å². The lowest BCUT2D eigenvalue weighted by atomic mass is 9.91. The second-order valence-electron chi connectivity index (χ2n) is 6.21. The molecular formula is C18H26IN5OS. The first kappa shape index (κ1) is 22.4. The van der Waals surface area contributed by atoms with Gasteiger partial charge in [0.25, 0.3) is 5.91 Å². The number of nitrogens with one attached hydrogen (secondary N) is 3. The normalized spacial score (nSPS) is 11.4. The number of carbonyl (C=O) groups excluding carboxylic acids is 1. The van der Waals surface area contributed by atoms with Crippen LogP contribution < -0.4 is 16.0 Å². The molecule has 0 spiro atoms. The van der Waals surface area contributed by atoms with Gasteiger partial charge in [-0.05, 0) is 23.6 Å². The van der Waals surface area contributed by atoms with Gasteiger partial charge in [-0.1, -0.05) is 19.9 Å². The summed E-state index contributed by atoms with van der Waals surface area (Å²) >= 11 is 1.76. The number of thiophene rings is 1. The highest BCUT2D eigenvalue weighted by molar-refractivity contribution is 14.0. The number of pyridine rings is 1. The minimum Gasteiger partial charge on any atom is -0.356 e. The third kappa shape index (κ3) is 6.91. The molecule has 0 radical (unpaired) electrons. The number of aliphatic imine (C=N–C) groups is 1. The maximum absolute atomic E-state index is 11.9. The lowest BCUT2D eigenvalue weighted by Gasteiger charge is -2.25. The van der Waals surface area contributed by atoms with E-state index in [2.05, 4.69) is 57.3 Å². The highest BCUT2D eigenvalue weighted by atomic mass is 127. The molecule has 0 saturated carbocycles. The molecule has 0 bridgehead atoms. The van der Waals surface area contributed by atoms with Crippen LogP contribution in [0.3, 0.4) is 0 Å². The third-order valence-electron chi connectivity index (χ3n) is 3.74. The summed E-state index contributed by atoms with van der Waals surface area (Å²) in [7, 11) is 1.74. The number of hydrogen-bond donors (Lipinski definition) is 3. The number of halogens is 1. The van der Waals surface area contributed by atoms with Gasteiger partial charge in [-0.15, -0.1) is 35.3 Å². The molecule has 2 aromatic rings. The van der Waals surface area contributed by atoms with Crippen molar-refractivity contribution in [3.8, 4) is 0 Å². The molecule has 0 fully saturated rings. The van der Waals surface area contributed by atoms with E-state index in [1.807, 2.05) is 0 Å². The summed E-state index contributed by atoms with van der Waals surface area (Å²) in [5.41, 5.74) is 0.586. The Kier molecular flexibility index (Phi) is 9.57. The molecule has 26 heavy (non-hydrogen) atoms. The number of rotatable bonds is 7. The van der Waals surface area contributed by atoms with Gasteiger partial charge >= 0.3 is 0 Å². The zero-order chi connectivity index (χ0) is 18.1. The van der Waals surface area contributed by atoms with Crippen LogP contribution >= 0.6 is 35.3 Å². The summed E-state index contributed by atoms with van der Waals surface area (Å²) in [4.78, 5) is 21.4. The van der Waals surface area contributed by atoms with Crippen molar-refractivity contribution in [3.05, 3.63) is 52.5 Å². The van der Waals surface area contributed by atoms with Crippen LogP contribution in [-0.2, 0) is 5.41 Å². The minimum absolute atomic E-state index is 0. The maximum atomic E-state index is 11.9. The Hall–Kier alpha value is -1.68. The topological polar surface area (TPSA) is 78.4 Å². The molecule has 0 aliphatic carbocycles. The predicted molar refractivity (Wildman–Crippen MR) is 119 cm³/mol. The summed E-state index contributed by atoms with van der Waals surface area (Å²) < 4.78 is 0. The van der Waals surface area contributed by atoms with E-state index in [4.69, 9.17) is 0 Å². The molecule has 0 atom stereocenters. The Morgan fingerprint density at radius 2 is 1.96 bits per heavy atom. The standard InChI is InChI=1S/C18H25N5OS.HI/c1-18(2,15-7-5-11-25-15)13-23-17(19-3)22-10-9-21-16(24)14-6-4-8-20-12-14;/h4-8,11-12H,9-10,13H2,1-3H3,(H,21,24)(H2,19,22,23);1H. The molecule has 2 rings (SSSR count). The van der Waals surface area contributed by atoms with E-state index >= 15 is 0 Å². The molecule has 0 aliphatic rings. The van der Waals surface area contributed by atoms with E-state index in [-0.39, 0.29) is 35.3 Å². The van der Waals surface area contributed by atoms with Crippen molar-refractivity contribution in [3.63, 3.8) is 0 Å². The molecule has 2 aromatic heterocycles. The summed E-state index contributed by atoms with van der Waals surface area (Å²) in [5, 5.41) is 11.5. The van der Waals surface area contributed by atoms with Crippen molar-refractivity contribution in [1.82, 2.24) is 20.9 Å². The second-order valence-corrected chi connectivity index (χ2v) is 7.16. The molecular weight excluding hydrogens is 461 g/mol. The summed E-state index contributed by atoms with van der Waals surface area (Å²) in [5.74, 6) is 0.594. The fourth-order valence-corrected chi connectivity index (χ4v) is 3.08. The first-order chi connectivity index (χ1) is 12.0. The molecule has 8 heteroatoms. The Morgan fingerprint density at radius 3 is 2.58 bits per heavy atom. The van der Waals surface area contributed by atoms with E-state index in [0.29, 0.717) is 18.7 Å². The molecule has 1 amide bonds. The smallest absolute Gasteiger partial charge is 0.252 e. The Morgan fingerprint density at radius 1 is 1.19 bits per heavy atom. The van der Waals surface area contributed by atoms with Crippen molar-refractivity contribution in [2.24, 2.45) is 4.99 Å². The molecule has 2 heterocycles. The van der Waals surface area contributed by atoms with E-state index in [1.54, 1.807) is 42.9 Å². The van der Waals surface area contributed by atoms with E-state index in [0.717, 1.165) is 12.5 Å². The van der Waals surface area contributed by atoms with Crippen LogP contribution in [0.1, 0.15) is 29.1 Å². The largest absolute Gasteiger partial charge is 0.356 e. The van der Waals surface area contributed by atoms with Crippen LogP contribution in [0.5, 0.6) is 0 Å². The fraction of sp³-hybridized carbons (Fsp3) is 0.389. The van der Waals surface area contributed by atoms with E-state index in [9.17, 15) is 4.79 Å². The van der Waals surface area contributed by atoms with E-state index < -0.39 is 0 Å². The zero-order valence-corrected chi connectivity index (χ0v) is 18.4. The Labute approximate surface area is 175 Å². The number of nitrogens with zero attached hydrogens (tertiary/aromatic N) is 2. The van der Waals surface area contributed by atoms with Crippen LogP contribution in [0, 0.1) is 0 Å². The molecule has 3 N–H and O–H groups in total. The van der Waals surface area contributed by atoms with Crippen molar-refractivity contribution in [2.45, 2.75) is 19.3 Å². The quantitative estimate of drug-likeness (QED) is 0.243. The first-order valence-electron chi connectivity index (χ1n) is 8.19. The predicted octanol–water partition coefficient (Wildman–Crippen LogP) is 2.63. The Balaban J connectivity index is 0.00000338. The Bertz CT molecular complexity index is 689. The van der Waals surface area contributed by atoms with Crippen molar-refractivity contribution in [1.29, 1.82) is 0 Å². The van der Waals surface area contributed by atoms with Gasteiger partial charge in [0.1, 0.15) is 0 Å². The van der Waals surface area contributed by atoms with E-state index in [1.165, 1.54) is 4.88 Å². The fourth-order valence-electron chi connectivity index (χ4n) is 2.23. The maximum Gasteiger partial charge on any atom is 0.252 e. The number of guanidine groups is 1. The summed E-state index contributed by atoms with van der Waals surface area (Å²) in [6.45, 7) is 6.27. The van der Waals surface area contributed by atoms with Gasteiger partial charge in [0.15, 0.2) is 5.96 Å². The molecule has 0 aromatic carbocycles. The number of amides is 1. The van der Waals surface area contributed by atoms with Crippen LogP contribution in [0.15, 0.2) is 47.0 Å². The van der Waals surface area contributed by atoms with Crippen LogP contribution in [0.4, 0.5) is 0 Å². The van der Waals surface area contributed by atoms with Gasteiger partial charge in [-0.3, -0.25) is 14.8 Å². The van der Waals surface area contributed by atoms with Crippen LogP contribution in [0.2, 0.25) is 0 Å². The minimum atomic E-state index is -0.128. The molecule has 0 unspecified atom stereocenters. The van der Waals surface area contributed by atoms with Crippen molar-refractivity contribution in [2.75, 3.05) is 26.7 Å². The van der Waals surface area contributed by atoms with Gasteiger partial charge in [0.2, 0.25) is 0 Å². The average Bonchev–Trinajstić information content (AvgIpc) is 3.17. The summed E-state index contributed by atoms with van der Waals surface area (Å²) in [6.07, 6.45) is 3.20. The molecule has 0 aliphatic heterocycles. The number of hydrogen-bond acceptors (Lipinski definition) is 4. The lowest BCUT2D eigenvalue weighted by molar-refractivity contribution is 0.0954. The average molecular weight is 487 g/mol. The van der Waals surface area contributed by atoms with Gasteiger partial charge in [0, 0.05) is 49.4 Å². The molecule has 142 valence electrons. The molecule has 0 saturated heterocycles. The van der Waals surface area contributed by atoms with Crippen molar-refractivity contribution >= 4 is 47.2 Å². The lowest BCUT2D eigenvalue weighted by Crippen LogP contribution is -2.45. The monoisotopic (exact) mass is 487 g/mol. The molecule has 6 nitrogen and oxygen atoms in total. The highest BCUT2D eigenvalue weighted by Gasteiger charge is 2.21. The van der Waals surface area contributed by atoms with Gasteiger partial charge in [-0.25, -0.2) is 0 Å². The first-order valence-corrected chi connectivity index (χ1v) is 9.07. The zero-order valence-electron chi connectivity index (χ0n) is 15.3. The third-order valence-corrected chi connectivity index (χ3v) is 4.97. The number of carbonyl (C=O) groups is 1. The van der Waals surface area contributed by atoms with Crippen LogP contribution in [-0.4, -0.2) is 43.5 Å². The van der Waals surface area contributed by atoms with Crippen LogP contribution in [0.25, 0.3) is 0 Å².